The first-order chi connectivity index (χ1) is 8.45. The predicted octanol–water partition coefficient (Wildman–Crippen LogP) is 2.65. The Morgan fingerprint density at radius 3 is 2.39 bits per heavy atom. The molecule has 0 saturated carbocycles. The zero-order valence-corrected chi connectivity index (χ0v) is 13.0. The molecule has 1 saturated heterocycles. The van der Waals surface area contributed by atoms with Gasteiger partial charge in [0.2, 0.25) is 10.0 Å². The van der Waals surface area contributed by atoms with E-state index < -0.39 is 10.0 Å². The molecule has 0 amide bonds. The van der Waals surface area contributed by atoms with Crippen molar-refractivity contribution in [2.24, 2.45) is 11.8 Å². The first kappa shape index (κ1) is 14.0. The third-order valence-corrected chi connectivity index (χ3v) is 6.27. The molecule has 0 N–H and O–H groups in total. The van der Waals surface area contributed by atoms with E-state index >= 15 is 0 Å². The molecule has 0 spiro atoms. The molecule has 5 heteroatoms. The lowest BCUT2D eigenvalue weighted by Crippen LogP contribution is -2.29. The first-order valence-corrected chi connectivity index (χ1v) is 8.64. The summed E-state index contributed by atoms with van der Waals surface area (Å²) in [5, 5.41) is 0.855. The average molecular weight is 332 g/mol. The molecule has 0 aromatic heterocycles. The van der Waals surface area contributed by atoms with Crippen LogP contribution in [0.25, 0.3) is 0 Å². The first-order valence-electron chi connectivity index (χ1n) is 6.08. The lowest BCUT2D eigenvalue weighted by Gasteiger charge is -2.16. The van der Waals surface area contributed by atoms with Gasteiger partial charge in [0.25, 0.3) is 0 Å². The molecule has 1 aliphatic heterocycles. The van der Waals surface area contributed by atoms with Crippen molar-refractivity contribution in [2.45, 2.75) is 18.7 Å². The van der Waals surface area contributed by atoms with Crippen molar-refractivity contribution in [3.05, 3.63) is 29.8 Å². The molecule has 100 valence electrons. The largest absolute Gasteiger partial charge is 0.243 e. The summed E-state index contributed by atoms with van der Waals surface area (Å²) in [5.74, 6) is 0.815. The van der Waals surface area contributed by atoms with E-state index in [9.17, 15) is 8.42 Å². The monoisotopic (exact) mass is 331 g/mol. The predicted molar refractivity (Wildman–Crippen MR) is 76.4 cm³/mol. The van der Waals surface area contributed by atoms with Crippen LogP contribution in [-0.2, 0) is 10.0 Å². The van der Waals surface area contributed by atoms with E-state index in [2.05, 4.69) is 22.9 Å². The van der Waals surface area contributed by atoms with E-state index in [0.29, 0.717) is 29.8 Å². The zero-order valence-electron chi connectivity index (χ0n) is 10.6. The molecule has 0 aliphatic carbocycles. The fourth-order valence-corrected chi connectivity index (χ4v) is 4.68. The molecule has 1 heterocycles. The highest BCUT2D eigenvalue weighted by Crippen LogP contribution is 2.29. The number of rotatable bonds is 3. The highest BCUT2D eigenvalue weighted by molar-refractivity contribution is 9.09. The van der Waals surface area contributed by atoms with Gasteiger partial charge in [0.15, 0.2) is 0 Å². The Balaban J connectivity index is 2.25. The molecule has 1 aromatic carbocycles. The van der Waals surface area contributed by atoms with Crippen LogP contribution >= 0.6 is 15.9 Å². The second kappa shape index (κ2) is 5.31. The normalized spacial score (nSPS) is 25.5. The van der Waals surface area contributed by atoms with E-state index in [0.717, 1.165) is 10.9 Å². The molecule has 0 radical (unpaired) electrons. The highest BCUT2D eigenvalue weighted by atomic mass is 79.9. The number of nitrogens with zero attached hydrogens (tertiary/aromatic N) is 1. The molecule has 1 aromatic rings. The summed E-state index contributed by atoms with van der Waals surface area (Å²) in [6.07, 6.45) is 0. The number of hydrogen-bond donors (Lipinski definition) is 0. The van der Waals surface area contributed by atoms with Crippen molar-refractivity contribution < 1.29 is 8.42 Å². The smallest absolute Gasteiger partial charge is 0.207 e. The maximum atomic E-state index is 12.5. The number of benzene rings is 1. The van der Waals surface area contributed by atoms with Crippen molar-refractivity contribution >= 4 is 26.0 Å². The minimum Gasteiger partial charge on any atom is -0.207 e. The van der Waals surface area contributed by atoms with Crippen LogP contribution in [0, 0.1) is 18.8 Å². The quantitative estimate of drug-likeness (QED) is 0.798. The van der Waals surface area contributed by atoms with Crippen LogP contribution in [-0.4, -0.2) is 31.1 Å². The standard InChI is InChI=1S/C13H18BrNO2S/c1-10-3-5-13(6-4-10)18(16,17)15-8-11(2)12(7-14)9-15/h3-6,11-12H,7-9H2,1-2H3. The van der Waals surface area contributed by atoms with E-state index in [-0.39, 0.29) is 0 Å². The summed E-state index contributed by atoms with van der Waals surface area (Å²) in [6, 6.07) is 7.07. The third kappa shape index (κ3) is 2.63. The topological polar surface area (TPSA) is 37.4 Å². The Morgan fingerprint density at radius 1 is 1.28 bits per heavy atom. The highest BCUT2D eigenvalue weighted by Gasteiger charge is 2.36. The minimum atomic E-state index is -3.32. The zero-order chi connectivity index (χ0) is 13.3. The molecule has 2 atom stereocenters. The summed E-state index contributed by atoms with van der Waals surface area (Å²) in [7, 11) is -3.32. The van der Waals surface area contributed by atoms with Gasteiger partial charge < -0.3 is 0 Å². The summed E-state index contributed by atoms with van der Waals surface area (Å²) < 4.78 is 26.5. The van der Waals surface area contributed by atoms with Crippen molar-refractivity contribution in [1.82, 2.24) is 4.31 Å². The van der Waals surface area contributed by atoms with Gasteiger partial charge in [-0.2, -0.15) is 4.31 Å². The Morgan fingerprint density at radius 2 is 1.89 bits per heavy atom. The van der Waals surface area contributed by atoms with Crippen LogP contribution in [0.3, 0.4) is 0 Å². The molecule has 18 heavy (non-hydrogen) atoms. The fourth-order valence-electron chi connectivity index (χ4n) is 2.24. The third-order valence-electron chi connectivity index (χ3n) is 3.59. The van der Waals surface area contributed by atoms with E-state index in [1.54, 1.807) is 16.4 Å². The van der Waals surface area contributed by atoms with Gasteiger partial charge in [-0.05, 0) is 30.9 Å². The van der Waals surface area contributed by atoms with Gasteiger partial charge in [0.05, 0.1) is 4.90 Å². The summed E-state index contributed by atoms with van der Waals surface area (Å²) in [6.45, 7) is 5.29. The van der Waals surface area contributed by atoms with Gasteiger partial charge in [-0.15, -0.1) is 0 Å². The Kier molecular flexibility index (Phi) is 4.14. The lowest BCUT2D eigenvalue weighted by molar-refractivity contribution is 0.463. The van der Waals surface area contributed by atoms with Crippen LogP contribution in [0.4, 0.5) is 0 Å². The van der Waals surface area contributed by atoms with E-state index in [4.69, 9.17) is 0 Å². The van der Waals surface area contributed by atoms with Crippen LogP contribution in [0.2, 0.25) is 0 Å². The summed E-state index contributed by atoms with van der Waals surface area (Å²) in [4.78, 5) is 0.399. The van der Waals surface area contributed by atoms with E-state index in [1.807, 2.05) is 19.1 Å². The summed E-state index contributed by atoms with van der Waals surface area (Å²) in [5.41, 5.74) is 1.07. The van der Waals surface area contributed by atoms with Crippen molar-refractivity contribution in [3.8, 4) is 0 Å². The molecule has 2 rings (SSSR count). The number of sulfonamides is 1. The van der Waals surface area contributed by atoms with Crippen LogP contribution < -0.4 is 0 Å². The Labute approximate surface area is 117 Å². The fraction of sp³-hybridized carbons (Fsp3) is 0.538. The minimum absolute atomic E-state index is 0.399. The Bertz CT molecular complexity index is 512. The molecule has 0 bridgehead atoms. The number of aryl methyl sites for hydroxylation is 1. The van der Waals surface area contributed by atoms with Crippen LogP contribution in [0.1, 0.15) is 12.5 Å². The van der Waals surface area contributed by atoms with Crippen molar-refractivity contribution in [1.29, 1.82) is 0 Å². The number of halogens is 1. The van der Waals surface area contributed by atoms with Gasteiger partial charge in [-0.25, -0.2) is 8.42 Å². The molecule has 1 aliphatic rings. The van der Waals surface area contributed by atoms with Crippen molar-refractivity contribution in [3.63, 3.8) is 0 Å². The van der Waals surface area contributed by atoms with E-state index in [1.165, 1.54) is 0 Å². The number of hydrogen-bond acceptors (Lipinski definition) is 2. The van der Waals surface area contributed by atoms with Crippen LogP contribution in [0.5, 0.6) is 0 Å². The summed E-state index contributed by atoms with van der Waals surface area (Å²) >= 11 is 3.46. The van der Waals surface area contributed by atoms with Crippen LogP contribution in [0.15, 0.2) is 29.2 Å². The molecule has 1 fully saturated rings. The molecular weight excluding hydrogens is 314 g/mol. The number of alkyl halides is 1. The Hall–Kier alpha value is -0.390. The molecule has 3 nitrogen and oxygen atoms in total. The van der Waals surface area contributed by atoms with Crippen molar-refractivity contribution in [2.75, 3.05) is 18.4 Å². The van der Waals surface area contributed by atoms with Gasteiger partial charge in [0.1, 0.15) is 0 Å². The maximum Gasteiger partial charge on any atom is 0.243 e. The average Bonchev–Trinajstić information content (AvgIpc) is 2.72. The van der Waals surface area contributed by atoms with Gasteiger partial charge >= 0.3 is 0 Å². The van der Waals surface area contributed by atoms with Gasteiger partial charge in [-0.3, -0.25) is 0 Å². The molecule has 2 unspecified atom stereocenters. The van der Waals surface area contributed by atoms with Gasteiger partial charge in [0, 0.05) is 18.4 Å². The second-order valence-corrected chi connectivity index (χ2v) is 7.61. The lowest BCUT2D eigenvalue weighted by atomic mass is 10.0. The van der Waals surface area contributed by atoms with Gasteiger partial charge in [-0.1, -0.05) is 40.5 Å². The maximum absolute atomic E-state index is 12.5. The second-order valence-electron chi connectivity index (χ2n) is 5.03. The molecular formula is C13H18BrNO2S. The SMILES string of the molecule is Cc1ccc(S(=O)(=O)N2CC(C)C(CBr)C2)cc1.